The van der Waals surface area contributed by atoms with Gasteiger partial charge in [-0.25, -0.2) is 4.98 Å². The highest BCUT2D eigenvalue weighted by atomic mass is 79.9. The zero-order valence-electron chi connectivity index (χ0n) is 14.3. The van der Waals surface area contributed by atoms with Crippen molar-refractivity contribution >= 4 is 67.8 Å². The number of aryl methyl sites for hydroxylation is 1. The van der Waals surface area contributed by atoms with Crippen molar-refractivity contribution in [3.05, 3.63) is 52.0 Å². The molecule has 0 spiro atoms. The number of rotatable bonds is 6. The molecule has 0 unspecified atom stereocenters. The molecule has 0 aliphatic carbocycles. The summed E-state index contributed by atoms with van der Waals surface area (Å²) >= 11 is 10.6. The monoisotopic (exact) mass is 466 g/mol. The number of hydrogen-bond donors (Lipinski definition) is 2. The number of aromatic nitrogens is 2. The van der Waals surface area contributed by atoms with E-state index < -0.39 is 0 Å². The minimum absolute atomic E-state index is 0.0983. The lowest BCUT2D eigenvalue weighted by molar-refractivity contribution is -0.122. The van der Waals surface area contributed by atoms with E-state index in [0.29, 0.717) is 15.9 Å². The van der Waals surface area contributed by atoms with Crippen LogP contribution in [-0.4, -0.2) is 33.7 Å². The summed E-state index contributed by atoms with van der Waals surface area (Å²) < 4.78 is 2.69. The van der Waals surface area contributed by atoms with Crippen molar-refractivity contribution in [2.24, 2.45) is 7.05 Å². The summed E-state index contributed by atoms with van der Waals surface area (Å²) in [5, 5.41) is 6.67. The van der Waals surface area contributed by atoms with Crippen LogP contribution in [0.15, 0.2) is 52.1 Å². The second kappa shape index (κ2) is 8.77. The van der Waals surface area contributed by atoms with Gasteiger partial charge in [-0.2, -0.15) is 0 Å². The van der Waals surface area contributed by atoms with Gasteiger partial charge >= 0.3 is 0 Å². The number of nitrogens with one attached hydrogen (secondary N) is 2. The maximum atomic E-state index is 12.0. The van der Waals surface area contributed by atoms with Gasteiger partial charge in [-0.3, -0.25) is 9.59 Å². The van der Waals surface area contributed by atoms with Gasteiger partial charge in [-0.1, -0.05) is 35.5 Å². The van der Waals surface area contributed by atoms with E-state index in [0.717, 1.165) is 15.5 Å². The highest BCUT2D eigenvalue weighted by Gasteiger charge is 2.12. The second-order valence-corrected chi connectivity index (χ2v) is 7.91. The third kappa shape index (κ3) is 5.03. The maximum absolute atomic E-state index is 12.0. The molecule has 6 nitrogen and oxygen atoms in total. The lowest BCUT2D eigenvalue weighted by atomic mass is 10.3. The molecular formula is C18H16BrClN4O2S. The first kappa shape index (κ1) is 19.7. The standard InChI is InChI=1S/C18H16BrClN4O2S/c1-24-15-7-6-11(20)8-14(15)23-18(24)27-10-17(26)21-9-16(25)22-13-5-3-2-4-12(13)19/h2-8H,9-10H2,1H3,(H,21,26)(H,22,25). The highest BCUT2D eigenvalue weighted by molar-refractivity contribution is 9.10. The van der Waals surface area contributed by atoms with E-state index in [-0.39, 0.29) is 24.1 Å². The molecule has 0 saturated carbocycles. The summed E-state index contributed by atoms with van der Waals surface area (Å²) in [6.45, 7) is -0.0983. The molecule has 3 aromatic rings. The molecule has 0 fully saturated rings. The number of amides is 2. The van der Waals surface area contributed by atoms with Gasteiger partial charge in [0.05, 0.1) is 29.0 Å². The molecule has 0 bridgehead atoms. The van der Waals surface area contributed by atoms with Gasteiger partial charge < -0.3 is 15.2 Å². The summed E-state index contributed by atoms with van der Waals surface area (Å²) in [6.07, 6.45) is 0. The maximum Gasteiger partial charge on any atom is 0.243 e. The number of hydrogen-bond acceptors (Lipinski definition) is 4. The van der Waals surface area contributed by atoms with Crippen molar-refractivity contribution in [1.82, 2.24) is 14.9 Å². The molecule has 2 N–H and O–H groups in total. The Morgan fingerprint density at radius 2 is 2.00 bits per heavy atom. The number of thioether (sulfide) groups is 1. The fraction of sp³-hybridized carbons (Fsp3) is 0.167. The van der Waals surface area contributed by atoms with Crippen molar-refractivity contribution in [2.75, 3.05) is 17.6 Å². The Hall–Kier alpha value is -2.03. The van der Waals surface area contributed by atoms with Crippen LogP contribution in [0.2, 0.25) is 5.02 Å². The number of nitrogens with zero attached hydrogens (tertiary/aromatic N) is 2. The Morgan fingerprint density at radius 3 is 2.78 bits per heavy atom. The SMILES string of the molecule is Cn1c(SCC(=O)NCC(=O)Nc2ccccc2Br)nc2cc(Cl)ccc21. The van der Waals surface area contributed by atoms with Crippen molar-refractivity contribution in [3.63, 3.8) is 0 Å². The number of halogens is 2. The molecule has 140 valence electrons. The summed E-state index contributed by atoms with van der Waals surface area (Å²) in [5.41, 5.74) is 2.38. The fourth-order valence-electron chi connectivity index (χ4n) is 2.40. The summed E-state index contributed by atoms with van der Waals surface area (Å²) in [5.74, 6) is -0.377. The lowest BCUT2D eigenvalue weighted by Gasteiger charge is -2.08. The van der Waals surface area contributed by atoms with Gasteiger partial charge in [0.2, 0.25) is 11.8 Å². The van der Waals surface area contributed by atoms with Crippen molar-refractivity contribution in [3.8, 4) is 0 Å². The van der Waals surface area contributed by atoms with Gasteiger partial charge in [0, 0.05) is 16.5 Å². The van der Waals surface area contributed by atoms with Gasteiger partial charge in [0.1, 0.15) is 0 Å². The Kier molecular flexibility index (Phi) is 6.41. The zero-order valence-corrected chi connectivity index (χ0v) is 17.5. The van der Waals surface area contributed by atoms with Crippen LogP contribution in [0.1, 0.15) is 0 Å². The lowest BCUT2D eigenvalue weighted by Crippen LogP contribution is -2.34. The number of carbonyl (C=O) groups excluding carboxylic acids is 2. The quantitative estimate of drug-likeness (QED) is 0.540. The van der Waals surface area contributed by atoms with Crippen molar-refractivity contribution in [1.29, 1.82) is 0 Å². The molecule has 2 aromatic carbocycles. The van der Waals surface area contributed by atoms with Gasteiger partial charge in [-0.15, -0.1) is 0 Å². The topological polar surface area (TPSA) is 76.0 Å². The first-order valence-electron chi connectivity index (χ1n) is 8.00. The molecule has 9 heteroatoms. The predicted molar refractivity (Wildman–Crippen MR) is 112 cm³/mol. The molecule has 0 aliphatic heterocycles. The molecule has 1 aromatic heterocycles. The third-order valence-corrected chi connectivity index (χ3v) is 5.68. The van der Waals surface area contributed by atoms with Gasteiger partial charge in [0.15, 0.2) is 5.16 Å². The molecule has 0 radical (unpaired) electrons. The van der Waals surface area contributed by atoms with Crippen LogP contribution in [0.4, 0.5) is 5.69 Å². The van der Waals surface area contributed by atoms with E-state index in [1.54, 1.807) is 18.2 Å². The first-order valence-corrected chi connectivity index (χ1v) is 10.2. The van der Waals surface area contributed by atoms with E-state index >= 15 is 0 Å². The normalized spacial score (nSPS) is 10.8. The van der Waals surface area contributed by atoms with Crippen LogP contribution in [0.5, 0.6) is 0 Å². The van der Waals surface area contributed by atoms with Gasteiger partial charge in [0.25, 0.3) is 0 Å². The number of carbonyl (C=O) groups is 2. The van der Waals surface area contributed by atoms with E-state index in [4.69, 9.17) is 11.6 Å². The molecule has 1 heterocycles. The van der Waals surface area contributed by atoms with Crippen LogP contribution < -0.4 is 10.6 Å². The van der Waals surface area contributed by atoms with E-state index in [1.165, 1.54) is 11.8 Å². The molecular weight excluding hydrogens is 452 g/mol. The van der Waals surface area contributed by atoms with E-state index in [2.05, 4.69) is 31.5 Å². The Labute approximate surface area is 173 Å². The van der Waals surface area contributed by atoms with Gasteiger partial charge in [-0.05, 0) is 46.3 Å². The number of imidazole rings is 1. The molecule has 0 saturated heterocycles. The molecule has 27 heavy (non-hydrogen) atoms. The van der Waals surface area contributed by atoms with E-state index in [1.807, 2.05) is 35.9 Å². The predicted octanol–water partition coefficient (Wildman–Crippen LogP) is 3.84. The molecule has 0 aliphatic rings. The number of fused-ring (bicyclic) bond motifs is 1. The third-order valence-electron chi connectivity index (χ3n) is 3.73. The summed E-state index contributed by atoms with van der Waals surface area (Å²) in [4.78, 5) is 28.5. The molecule has 3 rings (SSSR count). The number of para-hydroxylation sites is 1. The Bertz CT molecular complexity index is 1010. The van der Waals surface area contributed by atoms with E-state index in [9.17, 15) is 9.59 Å². The van der Waals surface area contributed by atoms with Crippen molar-refractivity contribution in [2.45, 2.75) is 5.16 Å². The van der Waals surface area contributed by atoms with Crippen LogP contribution in [0.3, 0.4) is 0 Å². The summed E-state index contributed by atoms with van der Waals surface area (Å²) in [7, 11) is 1.88. The zero-order chi connectivity index (χ0) is 19.4. The molecule has 2 amide bonds. The van der Waals surface area contributed by atoms with Crippen LogP contribution >= 0.6 is 39.3 Å². The second-order valence-electron chi connectivity index (χ2n) is 5.68. The largest absolute Gasteiger partial charge is 0.346 e. The van der Waals surface area contributed by atoms with Crippen LogP contribution in [0.25, 0.3) is 11.0 Å². The first-order chi connectivity index (χ1) is 12.9. The fourth-order valence-corrected chi connectivity index (χ4v) is 3.76. The Balaban J connectivity index is 1.51. The number of benzene rings is 2. The average molecular weight is 468 g/mol. The Morgan fingerprint density at radius 1 is 1.22 bits per heavy atom. The minimum atomic E-state index is -0.294. The smallest absolute Gasteiger partial charge is 0.243 e. The highest BCUT2D eigenvalue weighted by Crippen LogP contribution is 2.25. The summed E-state index contributed by atoms with van der Waals surface area (Å²) in [6, 6.07) is 12.8. The average Bonchev–Trinajstić information content (AvgIpc) is 2.95. The van der Waals surface area contributed by atoms with Crippen LogP contribution in [-0.2, 0) is 16.6 Å². The minimum Gasteiger partial charge on any atom is -0.346 e. The van der Waals surface area contributed by atoms with Crippen LogP contribution in [0, 0.1) is 0 Å². The number of anilines is 1. The molecule has 0 atom stereocenters. The van der Waals surface area contributed by atoms with Crippen molar-refractivity contribution < 1.29 is 9.59 Å².